The SMILES string of the molecule is Cc1nnc(-c2sc(N3CCN(Cc4ccccc4)C3=O)nc2C)[nH]1. The number of carbonyl (C=O) groups excluding carboxylic acids is 1. The maximum Gasteiger partial charge on any atom is 0.326 e. The Morgan fingerprint density at radius 3 is 2.68 bits per heavy atom. The number of amides is 2. The molecular formula is C17H18N6OS. The molecular weight excluding hydrogens is 336 g/mol. The summed E-state index contributed by atoms with van der Waals surface area (Å²) < 4.78 is 0. The van der Waals surface area contributed by atoms with Crippen LogP contribution in [-0.4, -0.2) is 44.2 Å². The topological polar surface area (TPSA) is 78.0 Å². The fraction of sp³-hybridized carbons (Fsp3) is 0.294. The van der Waals surface area contributed by atoms with Gasteiger partial charge in [0.1, 0.15) is 5.82 Å². The normalized spacial score (nSPS) is 14.6. The van der Waals surface area contributed by atoms with Crippen LogP contribution in [0.2, 0.25) is 0 Å². The molecule has 1 aliphatic rings. The number of anilines is 1. The highest BCUT2D eigenvalue weighted by atomic mass is 32.1. The number of benzene rings is 1. The first-order chi connectivity index (χ1) is 12.1. The summed E-state index contributed by atoms with van der Waals surface area (Å²) in [5.74, 6) is 1.46. The van der Waals surface area contributed by atoms with E-state index in [1.165, 1.54) is 11.3 Å². The molecule has 0 aliphatic carbocycles. The summed E-state index contributed by atoms with van der Waals surface area (Å²) >= 11 is 1.47. The van der Waals surface area contributed by atoms with Crippen molar-refractivity contribution in [2.24, 2.45) is 0 Å². The van der Waals surface area contributed by atoms with Gasteiger partial charge in [0.05, 0.1) is 10.6 Å². The van der Waals surface area contributed by atoms with Crippen molar-refractivity contribution in [1.82, 2.24) is 25.1 Å². The summed E-state index contributed by atoms with van der Waals surface area (Å²) in [4.78, 5) is 25.0. The Hall–Kier alpha value is -2.74. The number of nitrogens with zero attached hydrogens (tertiary/aromatic N) is 5. The molecule has 128 valence electrons. The number of carbonyl (C=O) groups is 1. The molecule has 0 radical (unpaired) electrons. The molecule has 0 atom stereocenters. The number of hydrogen-bond acceptors (Lipinski definition) is 5. The van der Waals surface area contributed by atoms with Crippen LogP contribution in [0.15, 0.2) is 30.3 Å². The molecule has 7 nitrogen and oxygen atoms in total. The first-order valence-corrected chi connectivity index (χ1v) is 8.91. The van der Waals surface area contributed by atoms with Gasteiger partial charge in [-0.1, -0.05) is 41.7 Å². The lowest BCUT2D eigenvalue weighted by atomic mass is 10.2. The number of aromatic nitrogens is 4. The molecule has 1 fully saturated rings. The van der Waals surface area contributed by atoms with Gasteiger partial charge >= 0.3 is 6.03 Å². The summed E-state index contributed by atoms with van der Waals surface area (Å²) in [6.07, 6.45) is 0. The number of nitrogens with one attached hydrogen (secondary N) is 1. The van der Waals surface area contributed by atoms with Gasteiger partial charge in [-0.3, -0.25) is 4.90 Å². The summed E-state index contributed by atoms with van der Waals surface area (Å²) in [6, 6.07) is 10.0. The van der Waals surface area contributed by atoms with Gasteiger partial charge in [-0.15, -0.1) is 10.2 Å². The van der Waals surface area contributed by atoms with Crippen LogP contribution in [0.5, 0.6) is 0 Å². The number of urea groups is 1. The van der Waals surface area contributed by atoms with Crippen molar-refractivity contribution in [2.45, 2.75) is 20.4 Å². The van der Waals surface area contributed by atoms with E-state index in [9.17, 15) is 4.79 Å². The zero-order valence-corrected chi connectivity index (χ0v) is 14.9. The average Bonchev–Trinajstić information content (AvgIpc) is 3.29. The summed E-state index contributed by atoms with van der Waals surface area (Å²) in [5.41, 5.74) is 1.98. The Morgan fingerprint density at radius 2 is 1.96 bits per heavy atom. The molecule has 4 rings (SSSR count). The van der Waals surface area contributed by atoms with E-state index in [0.717, 1.165) is 22.0 Å². The van der Waals surface area contributed by atoms with Crippen LogP contribution in [-0.2, 0) is 6.54 Å². The second-order valence-corrected chi connectivity index (χ2v) is 6.99. The van der Waals surface area contributed by atoms with Crippen molar-refractivity contribution < 1.29 is 4.79 Å². The van der Waals surface area contributed by atoms with E-state index in [1.54, 1.807) is 4.90 Å². The maximum atomic E-state index is 12.8. The molecule has 8 heteroatoms. The predicted molar refractivity (Wildman–Crippen MR) is 96.6 cm³/mol. The largest absolute Gasteiger partial charge is 0.326 e. The van der Waals surface area contributed by atoms with Crippen molar-refractivity contribution in [3.63, 3.8) is 0 Å². The molecule has 0 spiro atoms. The third-order valence-corrected chi connectivity index (χ3v) is 5.33. The molecule has 1 N–H and O–H groups in total. The first kappa shape index (κ1) is 15.8. The molecule has 3 heterocycles. The van der Waals surface area contributed by atoms with Gasteiger partial charge in [0, 0.05) is 19.6 Å². The minimum atomic E-state index is -0.00194. The van der Waals surface area contributed by atoms with Gasteiger partial charge in [0.15, 0.2) is 11.0 Å². The van der Waals surface area contributed by atoms with E-state index < -0.39 is 0 Å². The third-order valence-electron chi connectivity index (χ3n) is 4.14. The highest BCUT2D eigenvalue weighted by Crippen LogP contribution is 2.34. The van der Waals surface area contributed by atoms with Crippen molar-refractivity contribution >= 4 is 22.5 Å². The fourth-order valence-electron chi connectivity index (χ4n) is 2.88. The quantitative estimate of drug-likeness (QED) is 0.781. The monoisotopic (exact) mass is 354 g/mol. The second kappa shape index (κ2) is 6.29. The number of rotatable bonds is 4. The maximum absolute atomic E-state index is 12.8. The Balaban J connectivity index is 1.54. The van der Waals surface area contributed by atoms with E-state index in [2.05, 4.69) is 20.2 Å². The van der Waals surface area contributed by atoms with Crippen LogP contribution in [0.4, 0.5) is 9.93 Å². The first-order valence-electron chi connectivity index (χ1n) is 8.09. The number of hydrogen-bond donors (Lipinski definition) is 1. The van der Waals surface area contributed by atoms with Gasteiger partial charge in [-0.05, 0) is 19.4 Å². The van der Waals surface area contributed by atoms with Gasteiger partial charge in [-0.2, -0.15) is 0 Å². The summed E-state index contributed by atoms with van der Waals surface area (Å²) in [7, 11) is 0. The molecule has 1 aromatic carbocycles. The fourth-order valence-corrected chi connectivity index (χ4v) is 3.90. The summed E-state index contributed by atoms with van der Waals surface area (Å²) in [6.45, 7) is 5.75. The Kier molecular flexibility index (Phi) is 3.96. The van der Waals surface area contributed by atoms with Crippen LogP contribution in [0.3, 0.4) is 0 Å². The molecule has 1 aliphatic heterocycles. The third kappa shape index (κ3) is 3.00. The average molecular weight is 354 g/mol. The molecule has 3 aromatic rings. The van der Waals surface area contributed by atoms with Crippen LogP contribution in [0.25, 0.3) is 10.7 Å². The van der Waals surface area contributed by atoms with Crippen LogP contribution in [0.1, 0.15) is 17.1 Å². The molecule has 2 aromatic heterocycles. The molecule has 25 heavy (non-hydrogen) atoms. The summed E-state index contributed by atoms with van der Waals surface area (Å²) in [5, 5.41) is 8.84. The lowest BCUT2D eigenvalue weighted by Crippen LogP contribution is -2.31. The molecule has 2 amide bonds. The van der Waals surface area contributed by atoms with Crippen LogP contribution >= 0.6 is 11.3 Å². The minimum Gasteiger partial charge on any atom is -0.324 e. The lowest BCUT2D eigenvalue weighted by molar-refractivity contribution is 0.219. The predicted octanol–water partition coefficient (Wildman–Crippen LogP) is 2.99. The highest BCUT2D eigenvalue weighted by Gasteiger charge is 2.32. The van der Waals surface area contributed by atoms with Crippen molar-refractivity contribution in [1.29, 1.82) is 0 Å². The smallest absolute Gasteiger partial charge is 0.324 e. The van der Waals surface area contributed by atoms with Gasteiger partial charge in [-0.25, -0.2) is 9.78 Å². The van der Waals surface area contributed by atoms with Gasteiger partial charge in [0.2, 0.25) is 0 Å². The number of aryl methyl sites for hydroxylation is 2. The van der Waals surface area contributed by atoms with E-state index in [-0.39, 0.29) is 6.03 Å². The van der Waals surface area contributed by atoms with E-state index >= 15 is 0 Å². The van der Waals surface area contributed by atoms with Crippen molar-refractivity contribution in [3.05, 3.63) is 47.4 Å². The standard InChI is InChI=1S/C17H18N6OS/c1-11-14(15-19-12(2)20-21-15)25-16(18-11)23-9-8-22(17(23)24)10-13-6-4-3-5-7-13/h3-7H,8-10H2,1-2H3,(H,19,20,21). The Morgan fingerprint density at radius 1 is 1.16 bits per heavy atom. The minimum absolute atomic E-state index is 0.00194. The number of H-pyrrole nitrogens is 1. The Labute approximate surface area is 149 Å². The van der Waals surface area contributed by atoms with Crippen LogP contribution < -0.4 is 4.90 Å². The highest BCUT2D eigenvalue weighted by molar-refractivity contribution is 7.19. The van der Waals surface area contributed by atoms with E-state index in [1.807, 2.05) is 49.1 Å². The number of aromatic amines is 1. The van der Waals surface area contributed by atoms with Gasteiger partial charge < -0.3 is 9.88 Å². The van der Waals surface area contributed by atoms with Crippen molar-refractivity contribution in [3.8, 4) is 10.7 Å². The Bertz CT molecular complexity index is 903. The molecule has 0 unspecified atom stereocenters. The van der Waals surface area contributed by atoms with E-state index in [4.69, 9.17) is 0 Å². The van der Waals surface area contributed by atoms with Crippen LogP contribution in [0, 0.1) is 13.8 Å². The second-order valence-electron chi connectivity index (χ2n) is 6.01. The lowest BCUT2D eigenvalue weighted by Gasteiger charge is -2.16. The van der Waals surface area contributed by atoms with Gasteiger partial charge in [0.25, 0.3) is 0 Å². The van der Waals surface area contributed by atoms with E-state index in [0.29, 0.717) is 30.6 Å². The number of thiazole rings is 1. The zero-order chi connectivity index (χ0) is 17.4. The molecule has 0 bridgehead atoms. The zero-order valence-electron chi connectivity index (χ0n) is 14.1. The van der Waals surface area contributed by atoms with Crippen molar-refractivity contribution in [2.75, 3.05) is 18.0 Å². The molecule has 0 saturated carbocycles. The molecule has 1 saturated heterocycles.